The van der Waals surface area contributed by atoms with Crippen LogP contribution in [0, 0.1) is 11.3 Å². The summed E-state index contributed by atoms with van der Waals surface area (Å²) in [5, 5.41) is 12.7. The Balaban J connectivity index is 2.34. The number of hydrogen-bond acceptors (Lipinski definition) is 8. The van der Waals surface area contributed by atoms with Gasteiger partial charge in [-0.3, -0.25) is 4.28 Å². The van der Waals surface area contributed by atoms with Crippen LogP contribution in [0.3, 0.4) is 0 Å². The predicted octanol–water partition coefficient (Wildman–Crippen LogP) is 2.42. The van der Waals surface area contributed by atoms with Crippen LogP contribution in [0.5, 0.6) is 0 Å². The molecule has 0 bridgehead atoms. The van der Waals surface area contributed by atoms with E-state index in [1.54, 1.807) is 0 Å². The predicted molar refractivity (Wildman–Crippen MR) is 84.3 cm³/mol. The molecule has 0 N–H and O–H groups in total. The molecule has 0 radical (unpaired) electrons. The van der Waals surface area contributed by atoms with Crippen molar-refractivity contribution in [3.8, 4) is 6.07 Å². The van der Waals surface area contributed by atoms with Gasteiger partial charge in [0.25, 0.3) is 5.04 Å². The lowest BCUT2D eigenvalue weighted by Gasteiger charge is -2.02. The van der Waals surface area contributed by atoms with E-state index in [-0.39, 0.29) is 9.10 Å². The molecule has 0 aliphatic carbocycles. The summed E-state index contributed by atoms with van der Waals surface area (Å²) in [5.41, 5.74) is 0. The van der Waals surface area contributed by atoms with Gasteiger partial charge in [-0.1, -0.05) is 17.7 Å². The van der Waals surface area contributed by atoms with E-state index in [2.05, 4.69) is 9.44 Å². The fourth-order valence-corrected chi connectivity index (χ4v) is 4.33. The van der Waals surface area contributed by atoms with Crippen LogP contribution in [0.25, 0.3) is 0 Å². The highest BCUT2D eigenvalue weighted by Crippen LogP contribution is 2.20. The molecule has 0 spiro atoms. The van der Waals surface area contributed by atoms with Crippen molar-refractivity contribution >= 4 is 47.9 Å². The standard InChI is InChI=1S/C12H7ClN2O5S3/c13-9-3-5-10(6-4-9)23(18,19)20-15-11(8-14)22(16,17)12-2-1-7-21-12/h1-7H. The lowest BCUT2D eigenvalue weighted by atomic mass is 10.4. The van der Waals surface area contributed by atoms with Crippen LogP contribution in [0.15, 0.2) is 56.0 Å². The average molecular weight is 391 g/mol. The minimum atomic E-state index is -4.37. The summed E-state index contributed by atoms with van der Waals surface area (Å²) in [5.74, 6) is 0. The van der Waals surface area contributed by atoms with Gasteiger partial charge in [-0.05, 0) is 40.9 Å². The Morgan fingerprint density at radius 3 is 2.35 bits per heavy atom. The van der Waals surface area contributed by atoms with E-state index in [9.17, 15) is 16.8 Å². The molecule has 0 amide bonds. The van der Waals surface area contributed by atoms with Gasteiger partial charge in [-0.15, -0.1) is 11.3 Å². The maximum atomic E-state index is 12.1. The highest BCUT2D eigenvalue weighted by molar-refractivity contribution is 8.08. The third kappa shape index (κ3) is 3.89. The Morgan fingerprint density at radius 2 is 1.83 bits per heavy atom. The number of nitriles is 1. The van der Waals surface area contributed by atoms with Gasteiger partial charge >= 0.3 is 10.1 Å². The Morgan fingerprint density at radius 1 is 1.17 bits per heavy atom. The molecule has 2 rings (SSSR count). The fraction of sp³-hybridized carbons (Fsp3) is 0. The van der Waals surface area contributed by atoms with Crippen LogP contribution < -0.4 is 0 Å². The summed E-state index contributed by atoms with van der Waals surface area (Å²) < 4.78 is 52.1. The lowest BCUT2D eigenvalue weighted by Crippen LogP contribution is -2.14. The highest BCUT2D eigenvalue weighted by atomic mass is 35.5. The van der Waals surface area contributed by atoms with Gasteiger partial charge in [0.05, 0.1) is 0 Å². The molecule has 0 aliphatic rings. The number of benzene rings is 1. The molecule has 7 nitrogen and oxygen atoms in total. The third-order valence-corrected chi connectivity index (χ3v) is 6.75. The van der Waals surface area contributed by atoms with E-state index in [4.69, 9.17) is 16.9 Å². The molecule has 2 aromatic rings. The lowest BCUT2D eigenvalue weighted by molar-refractivity contribution is 0.340. The Hall–Kier alpha value is -1.93. The average Bonchev–Trinajstić information content (AvgIpc) is 3.03. The van der Waals surface area contributed by atoms with Crippen molar-refractivity contribution in [3.05, 3.63) is 46.8 Å². The molecule has 11 heteroatoms. The van der Waals surface area contributed by atoms with Gasteiger partial charge in [0.15, 0.2) is 0 Å². The number of halogens is 1. The molecule has 0 unspecified atom stereocenters. The topological polar surface area (TPSA) is 114 Å². The van der Waals surface area contributed by atoms with Gasteiger partial charge in [0.2, 0.25) is 9.84 Å². The first kappa shape index (κ1) is 17.4. The van der Waals surface area contributed by atoms with E-state index in [0.717, 1.165) is 23.5 Å². The molecule has 120 valence electrons. The molecule has 1 aromatic carbocycles. The molecule has 23 heavy (non-hydrogen) atoms. The van der Waals surface area contributed by atoms with Crippen molar-refractivity contribution in [1.82, 2.24) is 0 Å². The summed E-state index contributed by atoms with van der Waals surface area (Å²) in [6.07, 6.45) is 0. The quantitative estimate of drug-likeness (QED) is 0.450. The zero-order valence-electron chi connectivity index (χ0n) is 11.1. The van der Waals surface area contributed by atoms with Crippen molar-refractivity contribution in [2.45, 2.75) is 9.10 Å². The number of nitrogens with zero attached hydrogens (tertiary/aromatic N) is 2. The maximum absolute atomic E-state index is 12.1. The summed E-state index contributed by atoms with van der Waals surface area (Å²) in [6, 6.07) is 9.01. The second kappa shape index (κ2) is 6.67. The van der Waals surface area contributed by atoms with E-state index in [1.165, 1.54) is 35.7 Å². The second-order valence-corrected chi connectivity index (χ2v) is 8.93. The van der Waals surface area contributed by atoms with Gasteiger partial charge in [0.1, 0.15) is 15.2 Å². The fourth-order valence-electron chi connectivity index (χ4n) is 1.37. The molecule has 0 aliphatic heterocycles. The second-order valence-electron chi connectivity index (χ2n) is 3.93. The molecule has 0 fully saturated rings. The van der Waals surface area contributed by atoms with Gasteiger partial charge < -0.3 is 0 Å². The molecular weight excluding hydrogens is 384 g/mol. The third-order valence-electron chi connectivity index (χ3n) is 2.43. The number of thiophene rings is 1. The van der Waals surface area contributed by atoms with Crippen molar-refractivity contribution in [2.75, 3.05) is 0 Å². The molecule has 0 saturated carbocycles. The van der Waals surface area contributed by atoms with Crippen molar-refractivity contribution in [2.24, 2.45) is 5.16 Å². The summed E-state index contributed by atoms with van der Waals surface area (Å²) >= 11 is 6.51. The van der Waals surface area contributed by atoms with Crippen molar-refractivity contribution < 1.29 is 21.1 Å². The Kier molecular flexibility index (Phi) is 5.06. The molecule has 0 atom stereocenters. The van der Waals surface area contributed by atoms with Gasteiger partial charge in [-0.2, -0.15) is 13.7 Å². The minimum absolute atomic E-state index is 0.148. The molecular formula is C12H7ClN2O5S3. The van der Waals surface area contributed by atoms with Crippen LogP contribution in [0.2, 0.25) is 5.02 Å². The SMILES string of the molecule is N#CC(=NOS(=O)(=O)c1ccc(Cl)cc1)S(=O)(=O)c1cccs1. The first-order valence-corrected chi connectivity index (χ1v) is 9.88. The van der Waals surface area contributed by atoms with Crippen LogP contribution in [0.1, 0.15) is 0 Å². The number of sulfone groups is 1. The van der Waals surface area contributed by atoms with E-state index in [0.29, 0.717) is 5.02 Å². The Labute approximate surface area is 141 Å². The van der Waals surface area contributed by atoms with Crippen LogP contribution >= 0.6 is 22.9 Å². The van der Waals surface area contributed by atoms with Crippen LogP contribution in [-0.4, -0.2) is 21.9 Å². The monoisotopic (exact) mass is 390 g/mol. The van der Waals surface area contributed by atoms with E-state index in [1.807, 2.05) is 0 Å². The minimum Gasteiger partial charge on any atom is -0.263 e. The van der Waals surface area contributed by atoms with Gasteiger partial charge in [-0.25, -0.2) is 8.42 Å². The summed E-state index contributed by atoms with van der Waals surface area (Å²) in [7, 11) is -8.59. The maximum Gasteiger partial charge on any atom is 0.358 e. The zero-order chi connectivity index (χ0) is 17.1. The molecule has 1 aromatic heterocycles. The molecule has 0 saturated heterocycles. The largest absolute Gasteiger partial charge is 0.358 e. The molecule has 1 heterocycles. The van der Waals surface area contributed by atoms with Crippen LogP contribution in [-0.2, 0) is 24.2 Å². The zero-order valence-corrected chi connectivity index (χ0v) is 14.3. The normalized spacial score (nSPS) is 12.6. The summed E-state index contributed by atoms with van der Waals surface area (Å²) in [6.45, 7) is 0. The first-order valence-electron chi connectivity index (χ1n) is 5.73. The Bertz CT molecular complexity index is 972. The smallest absolute Gasteiger partial charge is 0.263 e. The van der Waals surface area contributed by atoms with E-state index < -0.39 is 25.0 Å². The number of rotatable bonds is 4. The van der Waals surface area contributed by atoms with E-state index >= 15 is 0 Å². The van der Waals surface area contributed by atoms with Crippen molar-refractivity contribution in [3.63, 3.8) is 0 Å². The highest BCUT2D eigenvalue weighted by Gasteiger charge is 2.26. The van der Waals surface area contributed by atoms with Crippen molar-refractivity contribution in [1.29, 1.82) is 5.26 Å². The van der Waals surface area contributed by atoms with Gasteiger partial charge in [0, 0.05) is 5.02 Å². The first-order chi connectivity index (χ1) is 10.8. The number of oxime groups is 1. The number of hydrogen-bond donors (Lipinski definition) is 0. The van der Waals surface area contributed by atoms with Crippen LogP contribution in [0.4, 0.5) is 0 Å². The summed E-state index contributed by atoms with van der Waals surface area (Å²) in [4.78, 5) is -0.281.